The molecule has 45 heavy (non-hydrogen) atoms. The molecule has 4 aliphatic heterocycles. The maximum Gasteiger partial charge on any atom is 0.187 e. The number of rotatable bonds is 10. The lowest BCUT2D eigenvalue weighted by Crippen LogP contribution is -2.68. The first-order valence-corrected chi connectivity index (χ1v) is 14.2. The number of hydrogen-bond donors (Lipinski definition) is 14. The Hall–Kier alpha value is -0.840. The van der Waals surface area contributed by atoms with E-state index in [1.807, 2.05) is 0 Å². The minimum Gasteiger partial charge on any atom is -0.394 e. The van der Waals surface area contributed by atoms with Crippen LogP contribution in [0.25, 0.3) is 0 Å². The third kappa shape index (κ3) is 7.59. The zero-order valence-corrected chi connectivity index (χ0v) is 23.6. The first-order chi connectivity index (χ1) is 21.2. The lowest BCUT2D eigenvalue weighted by atomic mass is 9.95. The molecule has 21 heteroatoms. The molecule has 0 aromatic carbocycles. The summed E-state index contributed by atoms with van der Waals surface area (Å²) in [4.78, 5) is 0. The van der Waals surface area contributed by atoms with Crippen LogP contribution in [-0.4, -0.2) is 216 Å². The highest BCUT2D eigenvalue weighted by molar-refractivity contribution is 4.97. The summed E-state index contributed by atoms with van der Waals surface area (Å²) in [6, 6.07) is -1.46. The number of hydrogen-bond acceptors (Lipinski definition) is 21. The normalized spacial score (nSPS) is 52.9. The highest BCUT2D eigenvalue weighted by atomic mass is 16.8. The van der Waals surface area contributed by atoms with Gasteiger partial charge in [-0.15, -0.1) is 0 Å². The molecule has 4 fully saturated rings. The Bertz CT molecular complexity index is 920. The van der Waals surface area contributed by atoms with Crippen LogP contribution >= 0.6 is 0 Å². The summed E-state index contributed by atoms with van der Waals surface area (Å²) in [6.07, 6.45) is -32.6. The van der Waals surface area contributed by atoms with E-state index in [4.69, 9.17) is 38.9 Å². The molecule has 0 bridgehead atoms. The van der Waals surface area contributed by atoms with Gasteiger partial charge >= 0.3 is 0 Å². The molecule has 4 rings (SSSR count). The molecule has 1 unspecified atom stereocenters. The second-order valence-electron chi connectivity index (χ2n) is 11.3. The Morgan fingerprint density at radius 3 is 1.51 bits per heavy atom. The second kappa shape index (κ2) is 15.6. The van der Waals surface area contributed by atoms with Crippen molar-refractivity contribution in [2.45, 2.75) is 123 Å². The van der Waals surface area contributed by atoms with Crippen molar-refractivity contribution in [1.29, 1.82) is 0 Å². The van der Waals surface area contributed by atoms with E-state index in [2.05, 4.69) is 0 Å². The molecule has 0 spiro atoms. The third-order valence-electron chi connectivity index (χ3n) is 8.27. The highest BCUT2D eigenvalue weighted by Gasteiger charge is 2.54. The quantitative estimate of drug-likeness (QED) is 0.103. The molecule has 21 nitrogen and oxygen atoms in total. The van der Waals surface area contributed by atoms with Crippen LogP contribution < -0.4 is 5.73 Å². The summed E-state index contributed by atoms with van der Waals surface area (Å²) in [5.74, 6) is 0. The van der Waals surface area contributed by atoms with Crippen LogP contribution in [0.5, 0.6) is 0 Å². The molecule has 264 valence electrons. The molecule has 0 radical (unpaired) electrons. The van der Waals surface area contributed by atoms with Gasteiger partial charge in [0.05, 0.1) is 32.5 Å². The third-order valence-corrected chi connectivity index (χ3v) is 8.27. The number of aliphatic hydroxyl groups is 13. The fourth-order valence-electron chi connectivity index (χ4n) is 5.46. The summed E-state index contributed by atoms with van der Waals surface area (Å²) in [5.41, 5.74) is 5.91. The molecule has 0 amide bonds. The Kier molecular flexibility index (Phi) is 12.8. The van der Waals surface area contributed by atoms with Crippen LogP contribution in [0.2, 0.25) is 0 Å². The zero-order chi connectivity index (χ0) is 33.3. The fourth-order valence-corrected chi connectivity index (χ4v) is 5.46. The van der Waals surface area contributed by atoms with Crippen molar-refractivity contribution >= 4 is 0 Å². The van der Waals surface area contributed by atoms with Crippen molar-refractivity contribution < 1.29 is 99.5 Å². The molecule has 0 aromatic heterocycles. The molecule has 20 atom stereocenters. The number of aliphatic hydroxyl groups excluding tert-OH is 13. The van der Waals surface area contributed by atoms with Gasteiger partial charge in [0, 0.05) is 0 Å². The minimum absolute atomic E-state index is 0.687. The van der Waals surface area contributed by atoms with Gasteiger partial charge in [-0.05, 0) is 0 Å². The molecular weight excluding hydrogens is 622 g/mol. The maximum absolute atomic E-state index is 11.0. The van der Waals surface area contributed by atoms with Crippen LogP contribution in [0.4, 0.5) is 0 Å². The van der Waals surface area contributed by atoms with Gasteiger partial charge in [0.15, 0.2) is 25.2 Å². The molecule has 4 aliphatic rings. The van der Waals surface area contributed by atoms with Crippen molar-refractivity contribution in [2.24, 2.45) is 5.73 Å². The summed E-state index contributed by atoms with van der Waals surface area (Å²) < 4.78 is 38.1. The van der Waals surface area contributed by atoms with E-state index >= 15 is 0 Å². The first-order valence-electron chi connectivity index (χ1n) is 14.2. The van der Waals surface area contributed by atoms with Crippen molar-refractivity contribution in [3.63, 3.8) is 0 Å². The Balaban J connectivity index is 1.50. The maximum atomic E-state index is 11.0. The predicted octanol–water partition coefficient (Wildman–Crippen LogP) is -9.78. The average molecular weight is 666 g/mol. The topological polar surface area (TPSA) is 354 Å². The monoisotopic (exact) mass is 665 g/mol. The standard InChI is InChI=1S/C24H43NO20/c25-9-14(33)10(29)5(1-26)41-22(9)45-20-16(35)12(31)7(3-28)43-24(20)44-19-13(32)8(40-21(38)18(19)37)4-39-23-17(36)15(34)11(30)6(2-27)42-23/h5-24,26-38H,1-4,25H2/t5-,6-,7-,8-,9-,10-,11-,12-,13-,14-,15+,16+,17+,18+,19+,20+,21?,22+,23+,24-/m1/s1. The molecular formula is C24H43NO20. The van der Waals surface area contributed by atoms with Gasteiger partial charge in [-0.2, -0.15) is 0 Å². The van der Waals surface area contributed by atoms with Crippen LogP contribution in [0, 0.1) is 0 Å². The Morgan fingerprint density at radius 1 is 0.444 bits per heavy atom. The van der Waals surface area contributed by atoms with Gasteiger partial charge in [-0.25, -0.2) is 0 Å². The molecule has 4 heterocycles. The average Bonchev–Trinajstić information content (AvgIpc) is 3.03. The summed E-state index contributed by atoms with van der Waals surface area (Å²) in [5, 5.41) is 132. The van der Waals surface area contributed by atoms with Crippen molar-refractivity contribution in [3.05, 3.63) is 0 Å². The van der Waals surface area contributed by atoms with E-state index < -0.39 is 149 Å². The Labute approximate surface area is 255 Å². The van der Waals surface area contributed by atoms with Gasteiger partial charge in [0.2, 0.25) is 0 Å². The van der Waals surface area contributed by atoms with Gasteiger partial charge in [0.1, 0.15) is 91.6 Å². The zero-order valence-electron chi connectivity index (χ0n) is 23.6. The van der Waals surface area contributed by atoms with Crippen LogP contribution in [0.1, 0.15) is 0 Å². The fraction of sp³-hybridized carbons (Fsp3) is 1.00. The van der Waals surface area contributed by atoms with E-state index in [1.165, 1.54) is 0 Å². The van der Waals surface area contributed by atoms with Gasteiger partial charge in [-0.1, -0.05) is 0 Å². The molecule has 0 saturated carbocycles. The summed E-state index contributed by atoms with van der Waals surface area (Å²) >= 11 is 0. The molecule has 0 aliphatic carbocycles. The summed E-state index contributed by atoms with van der Waals surface area (Å²) in [7, 11) is 0. The van der Waals surface area contributed by atoms with Crippen LogP contribution in [0.15, 0.2) is 0 Å². The van der Waals surface area contributed by atoms with Crippen LogP contribution in [-0.2, 0) is 33.2 Å². The van der Waals surface area contributed by atoms with Gasteiger partial charge in [0.25, 0.3) is 0 Å². The SMILES string of the molecule is N[C@H]1[C@H](O[C@@H]2[C@@H](O[C@H]3[C@H](O)[C@@H](CO[C@H]4O[C@H](CO)[C@@H](O)[C@H](O)[C@@H]4O)OC(O)[C@H]3O)O[C@H](CO)[C@@H](O)[C@@H]2O)O[C@H](CO)[C@@H](O)[C@@H]1O. The molecule has 4 saturated heterocycles. The number of ether oxygens (including phenoxy) is 7. The molecule has 0 aromatic rings. The van der Waals surface area contributed by atoms with Crippen molar-refractivity contribution in [2.75, 3.05) is 26.4 Å². The largest absolute Gasteiger partial charge is 0.394 e. The lowest BCUT2D eigenvalue weighted by molar-refractivity contribution is -0.382. The lowest BCUT2D eigenvalue weighted by Gasteiger charge is -2.48. The minimum atomic E-state index is -2.04. The van der Waals surface area contributed by atoms with E-state index in [-0.39, 0.29) is 0 Å². The van der Waals surface area contributed by atoms with E-state index in [0.29, 0.717) is 0 Å². The summed E-state index contributed by atoms with van der Waals surface area (Å²) in [6.45, 7) is -3.05. The number of nitrogens with two attached hydrogens (primary N) is 1. The highest BCUT2D eigenvalue weighted by Crippen LogP contribution is 2.33. The predicted molar refractivity (Wildman–Crippen MR) is 136 cm³/mol. The van der Waals surface area contributed by atoms with E-state index in [9.17, 15) is 66.4 Å². The second-order valence-corrected chi connectivity index (χ2v) is 11.3. The van der Waals surface area contributed by atoms with Crippen molar-refractivity contribution in [3.8, 4) is 0 Å². The van der Waals surface area contributed by atoms with Gasteiger partial charge in [-0.3, -0.25) is 0 Å². The molecule has 15 N–H and O–H groups in total. The van der Waals surface area contributed by atoms with E-state index in [1.54, 1.807) is 0 Å². The van der Waals surface area contributed by atoms with Crippen LogP contribution in [0.3, 0.4) is 0 Å². The Morgan fingerprint density at radius 2 is 0.933 bits per heavy atom. The first kappa shape index (κ1) is 37.0. The van der Waals surface area contributed by atoms with Gasteiger partial charge < -0.3 is 105 Å². The van der Waals surface area contributed by atoms with E-state index in [0.717, 1.165) is 0 Å². The van der Waals surface area contributed by atoms with Crippen molar-refractivity contribution in [1.82, 2.24) is 0 Å². The smallest absolute Gasteiger partial charge is 0.187 e.